The van der Waals surface area contributed by atoms with Gasteiger partial charge in [0.05, 0.1) is 5.56 Å². The number of alkyl halides is 3. The quantitative estimate of drug-likeness (QED) is 0.455. The van der Waals surface area contributed by atoms with Gasteiger partial charge in [-0.05, 0) is 49.4 Å². The number of rotatable bonds is 5. The third-order valence-electron chi connectivity index (χ3n) is 6.14. The summed E-state index contributed by atoms with van der Waals surface area (Å²) in [6, 6.07) is 13.2. The highest BCUT2D eigenvalue weighted by Crippen LogP contribution is 2.39. The van der Waals surface area contributed by atoms with E-state index >= 15 is 0 Å². The van der Waals surface area contributed by atoms with Crippen molar-refractivity contribution in [3.8, 4) is 5.75 Å². The second-order valence-electron chi connectivity index (χ2n) is 8.12. The molecular formula is C23H23F4NO2. The van der Waals surface area contributed by atoms with Gasteiger partial charge in [0.15, 0.2) is 5.78 Å². The molecular weight excluding hydrogens is 398 g/mol. The van der Waals surface area contributed by atoms with Crippen LogP contribution in [0.1, 0.15) is 48.0 Å². The van der Waals surface area contributed by atoms with E-state index in [9.17, 15) is 22.4 Å². The van der Waals surface area contributed by atoms with E-state index in [1.807, 2.05) is 18.2 Å². The maximum atomic E-state index is 14.3. The second kappa shape index (κ2) is 8.38. The van der Waals surface area contributed by atoms with Crippen LogP contribution in [0, 0.1) is 11.7 Å². The summed E-state index contributed by atoms with van der Waals surface area (Å²) in [6.45, 7) is 0.806. The predicted octanol–water partition coefficient (Wildman–Crippen LogP) is 5.74. The summed E-state index contributed by atoms with van der Waals surface area (Å²) in [5, 5.41) is 0. The Morgan fingerprint density at radius 3 is 2.33 bits per heavy atom. The Hall–Kier alpha value is -2.41. The van der Waals surface area contributed by atoms with E-state index in [2.05, 4.69) is 21.8 Å². The van der Waals surface area contributed by atoms with Crippen LogP contribution < -0.4 is 4.74 Å². The highest BCUT2D eigenvalue weighted by Gasteiger charge is 2.41. The van der Waals surface area contributed by atoms with Crippen molar-refractivity contribution in [3.63, 3.8) is 0 Å². The number of piperidine rings is 2. The minimum Gasteiger partial charge on any atom is -0.406 e. The Bertz CT molecular complexity index is 886. The molecule has 2 heterocycles. The van der Waals surface area contributed by atoms with Crippen molar-refractivity contribution >= 4 is 5.78 Å². The van der Waals surface area contributed by atoms with Gasteiger partial charge in [0, 0.05) is 24.5 Å². The van der Waals surface area contributed by atoms with E-state index in [4.69, 9.17) is 0 Å². The lowest BCUT2D eigenvalue weighted by molar-refractivity contribution is -0.274. The van der Waals surface area contributed by atoms with Gasteiger partial charge in [-0.2, -0.15) is 0 Å². The number of benzene rings is 2. The third kappa shape index (κ3) is 4.67. The summed E-state index contributed by atoms with van der Waals surface area (Å²) in [6.07, 6.45) is -0.694. The molecule has 30 heavy (non-hydrogen) atoms. The number of ketones is 1. The molecule has 160 valence electrons. The first-order chi connectivity index (χ1) is 14.3. The Morgan fingerprint density at radius 2 is 1.70 bits per heavy atom. The van der Waals surface area contributed by atoms with Crippen LogP contribution in [0.5, 0.6) is 5.75 Å². The van der Waals surface area contributed by atoms with Crippen LogP contribution >= 0.6 is 0 Å². The molecule has 0 N–H and O–H groups in total. The van der Waals surface area contributed by atoms with E-state index in [0.717, 1.165) is 44.0 Å². The summed E-state index contributed by atoms with van der Waals surface area (Å²) in [5.41, 5.74) is 0.888. The van der Waals surface area contributed by atoms with Gasteiger partial charge in [0.1, 0.15) is 11.6 Å². The first-order valence-electron chi connectivity index (χ1n) is 10.2. The molecule has 0 spiro atoms. The van der Waals surface area contributed by atoms with E-state index in [-0.39, 0.29) is 17.6 Å². The maximum absolute atomic E-state index is 14.3. The van der Waals surface area contributed by atoms with Crippen LogP contribution in [0.3, 0.4) is 0 Å². The predicted molar refractivity (Wildman–Crippen MR) is 104 cm³/mol. The average molecular weight is 421 g/mol. The standard InChI is InChI=1S/C23H23F4NO2/c24-21-10-9-19(30-23(25,26)27)13-20(21)22(29)16-11-17-7-4-8-18(12-16)28(17)14-15-5-2-1-3-6-15/h1-3,5-6,9-10,13,16-18H,4,7-8,11-12,14H2. The fraction of sp³-hybridized carbons (Fsp3) is 0.435. The molecule has 2 aromatic carbocycles. The average Bonchev–Trinajstić information content (AvgIpc) is 2.68. The largest absolute Gasteiger partial charge is 0.573 e. The number of hydrogen-bond acceptors (Lipinski definition) is 3. The molecule has 2 aromatic rings. The minimum atomic E-state index is -4.89. The summed E-state index contributed by atoms with van der Waals surface area (Å²) in [5.74, 6) is -2.22. The van der Waals surface area contributed by atoms with Crippen molar-refractivity contribution in [1.82, 2.24) is 4.90 Å². The molecule has 0 aliphatic carbocycles. The molecule has 3 nitrogen and oxygen atoms in total. The van der Waals surface area contributed by atoms with Crippen LogP contribution in [-0.4, -0.2) is 29.1 Å². The van der Waals surface area contributed by atoms with Gasteiger partial charge >= 0.3 is 6.36 Å². The van der Waals surface area contributed by atoms with Crippen LogP contribution in [0.4, 0.5) is 17.6 Å². The Kier molecular flexibility index (Phi) is 5.82. The molecule has 2 unspecified atom stereocenters. The number of hydrogen-bond donors (Lipinski definition) is 0. The molecule has 0 amide bonds. The molecule has 4 rings (SSSR count). The molecule has 2 fully saturated rings. The molecule has 2 atom stereocenters. The van der Waals surface area contributed by atoms with Crippen molar-refractivity contribution in [2.75, 3.05) is 0 Å². The van der Waals surface area contributed by atoms with Gasteiger partial charge in [0.2, 0.25) is 0 Å². The monoisotopic (exact) mass is 421 g/mol. The SMILES string of the molecule is O=C(c1cc(OC(F)(F)F)ccc1F)C1CC2CCCC(C1)N2Cc1ccccc1. The van der Waals surface area contributed by atoms with Gasteiger partial charge in [-0.25, -0.2) is 4.39 Å². The number of ether oxygens (including phenoxy) is 1. The van der Waals surface area contributed by atoms with Crippen molar-refractivity contribution in [2.24, 2.45) is 5.92 Å². The van der Waals surface area contributed by atoms with Crippen LogP contribution in [0.25, 0.3) is 0 Å². The first-order valence-corrected chi connectivity index (χ1v) is 10.2. The van der Waals surface area contributed by atoms with Gasteiger partial charge in [0.25, 0.3) is 0 Å². The molecule has 0 aromatic heterocycles. The topological polar surface area (TPSA) is 29.5 Å². The molecule has 2 bridgehead atoms. The summed E-state index contributed by atoms with van der Waals surface area (Å²) in [7, 11) is 0. The number of fused-ring (bicyclic) bond motifs is 2. The molecule has 2 aliphatic rings. The number of halogens is 4. The molecule has 7 heteroatoms. The third-order valence-corrected chi connectivity index (χ3v) is 6.14. The summed E-state index contributed by atoms with van der Waals surface area (Å²) in [4.78, 5) is 15.5. The number of nitrogens with zero attached hydrogens (tertiary/aromatic N) is 1. The highest BCUT2D eigenvalue weighted by atomic mass is 19.4. The second-order valence-corrected chi connectivity index (χ2v) is 8.12. The zero-order chi connectivity index (χ0) is 21.3. The zero-order valence-corrected chi connectivity index (χ0v) is 16.4. The number of carbonyl (C=O) groups is 1. The lowest BCUT2D eigenvalue weighted by atomic mass is 9.75. The fourth-order valence-corrected chi connectivity index (χ4v) is 4.86. The van der Waals surface area contributed by atoms with Crippen molar-refractivity contribution in [2.45, 2.75) is 57.1 Å². The van der Waals surface area contributed by atoms with Gasteiger partial charge < -0.3 is 4.74 Å². The van der Waals surface area contributed by atoms with Crippen molar-refractivity contribution in [1.29, 1.82) is 0 Å². The van der Waals surface area contributed by atoms with E-state index in [1.54, 1.807) is 0 Å². The normalized spacial score (nSPS) is 24.5. The van der Waals surface area contributed by atoms with Gasteiger partial charge in [-0.3, -0.25) is 9.69 Å². The smallest absolute Gasteiger partial charge is 0.406 e. The zero-order valence-electron chi connectivity index (χ0n) is 16.4. The van der Waals surface area contributed by atoms with Gasteiger partial charge in [-0.1, -0.05) is 36.8 Å². The Balaban J connectivity index is 1.51. The fourth-order valence-electron chi connectivity index (χ4n) is 4.86. The van der Waals surface area contributed by atoms with Crippen LogP contribution in [0.15, 0.2) is 48.5 Å². The first kappa shape index (κ1) is 20.8. The molecule has 2 saturated heterocycles. The van der Waals surface area contributed by atoms with Gasteiger partial charge in [-0.15, -0.1) is 13.2 Å². The molecule has 0 saturated carbocycles. The van der Waals surface area contributed by atoms with Crippen molar-refractivity contribution in [3.05, 3.63) is 65.5 Å². The number of carbonyl (C=O) groups excluding carboxylic acids is 1. The lowest BCUT2D eigenvalue weighted by Gasteiger charge is -2.48. The van der Waals surface area contributed by atoms with E-state index in [0.29, 0.717) is 12.8 Å². The lowest BCUT2D eigenvalue weighted by Crippen LogP contribution is -2.52. The van der Waals surface area contributed by atoms with Crippen LogP contribution in [-0.2, 0) is 6.54 Å². The molecule has 0 radical (unpaired) electrons. The maximum Gasteiger partial charge on any atom is 0.573 e. The van der Waals surface area contributed by atoms with E-state index in [1.165, 1.54) is 5.56 Å². The Labute approximate surface area is 172 Å². The highest BCUT2D eigenvalue weighted by molar-refractivity contribution is 5.98. The number of Topliss-reactive ketones (excluding diaryl/α,β-unsaturated/α-hetero) is 1. The Morgan fingerprint density at radius 1 is 1.03 bits per heavy atom. The summed E-state index contributed by atoms with van der Waals surface area (Å²) >= 11 is 0. The summed E-state index contributed by atoms with van der Waals surface area (Å²) < 4.78 is 55.7. The minimum absolute atomic E-state index is 0.212. The van der Waals surface area contributed by atoms with E-state index < -0.39 is 29.6 Å². The van der Waals surface area contributed by atoms with Crippen LogP contribution in [0.2, 0.25) is 0 Å². The molecule has 2 aliphatic heterocycles. The van der Waals surface area contributed by atoms with Crippen molar-refractivity contribution < 1.29 is 27.1 Å².